The van der Waals surface area contributed by atoms with Crippen LogP contribution >= 0.6 is 11.8 Å². The first kappa shape index (κ1) is 16.8. The quantitative estimate of drug-likeness (QED) is 0.624. The summed E-state index contributed by atoms with van der Waals surface area (Å²) in [5.74, 6) is 0.833. The number of nitrogens with one attached hydrogen (secondary N) is 2. The highest BCUT2D eigenvalue weighted by molar-refractivity contribution is 7.99. The molecule has 0 saturated carbocycles. The van der Waals surface area contributed by atoms with Crippen LogP contribution in [0.1, 0.15) is 16.3 Å². The molecule has 25 heavy (non-hydrogen) atoms. The molecule has 3 heterocycles. The molecule has 9 heteroatoms. The highest BCUT2D eigenvalue weighted by atomic mass is 32.2. The Morgan fingerprint density at radius 2 is 1.88 bits per heavy atom. The number of furan rings is 2. The van der Waals surface area contributed by atoms with Crippen molar-refractivity contribution in [2.24, 2.45) is 0 Å². The van der Waals surface area contributed by atoms with Gasteiger partial charge < -0.3 is 19.5 Å². The lowest BCUT2D eigenvalue weighted by Gasteiger charge is -2.04. The number of hydrogen-bond acceptors (Lipinski definition) is 7. The average Bonchev–Trinajstić information content (AvgIpc) is 3.33. The van der Waals surface area contributed by atoms with Crippen LogP contribution in [0.4, 0.5) is 5.82 Å². The highest BCUT2D eigenvalue weighted by Gasteiger charge is 2.10. The van der Waals surface area contributed by atoms with Crippen molar-refractivity contribution in [3.8, 4) is 0 Å². The molecule has 0 fully saturated rings. The SMILES string of the molecule is O=C(CSc1ccc(NC(=O)c2ccco2)nn1)NCc1ccco1. The minimum absolute atomic E-state index is 0.140. The predicted molar refractivity (Wildman–Crippen MR) is 90.0 cm³/mol. The van der Waals surface area contributed by atoms with E-state index >= 15 is 0 Å². The molecule has 3 rings (SSSR count). The Bertz CT molecular complexity index is 816. The van der Waals surface area contributed by atoms with Gasteiger partial charge in [-0.2, -0.15) is 0 Å². The molecule has 8 nitrogen and oxygen atoms in total. The maximum absolute atomic E-state index is 11.8. The summed E-state index contributed by atoms with van der Waals surface area (Å²) in [6.45, 7) is 0.343. The van der Waals surface area contributed by atoms with Crippen molar-refractivity contribution in [2.45, 2.75) is 11.6 Å². The summed E-state index contributed by atoms with van der Waals surface area (Å²) >= 11 is 1.24. The van der Waals surface area contributed by atoms with E-state index in [2.05, 4.69) is 20.8 Å². The topological polar surface area (TPSA) is 110 Å². The van der Waals surface area contributed by atoms with Gasteiger partial charge >= 0.3 is 0 Å². The van der Waals surface area contributed by atoms with Crippen LogP contribution in [-0.2, 0) is 11.3 Å². The van der Waals surface area contributed by atoms with Crippen LogP contribution in [0, 0.1) is 0 Å². The lowest BCUT2D eigenvalue weighted by Crippen LogP contribution is -2.24. The second-order valence-corrected chi connectivity index (χ2v) is 5.83. The van der Waals surface area contributed by atoms with Gasteiger partial charge in [0.25, 0.3) is 5.91 Å². The molecule has 0 saturated heterocycles. The molecule has 2 amide bonds. The maximum atomic E-state index is 11.8. The molecule has 3 aromatic heterocycles. The minimum Gasteiger partial charge on any atom is -0.467 e. The highest BCUT2D eigenvalue weighted by Crippen LogP contribution is 2.15. The molecule has 2 N–H and O–H groups in total. The lowest BCUT2D eigenvalue weighted by atomic mass is 10.4. The van der Waals surface area contributed by atoms with E-state index in [9.17, 15) is 9.59 Å². The Labute approximate surface area is 147 Å². The summed E-state index contributed by atoms with van der Waals surface area (Å²) in [6.07, 6.45) is 2.97. The molecular formula is C16H14N4O4S. The van der Waals surface area contributed by atoms with Crippen molar-refractivity contribution in [1.82, 2.24) is 15.5 Å². The van der Waals surface area contributed by atoms with Crippen LogP contribution in [0.25, 0.3) is 0 Å². The van der Waals surface area contributed by atoms with Crippen molar-refractivity contribution >= 4 is 29.4 Å². The molecule has 0 bridgehead atoms. The summed E-state index contributed by atoms with van der Waals surface area (Å²) in [5, 5.41) is 13.7. The summed E-state index contributed by atoms with van der Waals surface area (Å²) < 4.78 is 10.1. The van der Waals surface area contributed by atoms with E-state index in [1.54, 1.807) is 42.7 Å². The lowest BCUT2D eigenvalue weighted by molar-refractivity contribution is -0.118. The van der Waals surface area contributed by atoms with Gasteiger partial charge in [-0.05, 0) is 36.4 Å². The van der Waals surface area contributed by atoms with Gasteiger partial charge in [0, 0.05) is 0 Å². The Hall–Kier alpha value is -3.07. The molecule has 0 aliphatic heterocycles. The van der Waals surface area contributed by atoms with Crippen LogP contribution in [0.5, 0.6) is 0 Å². The van der Waals surface area contributed by atoms with Gasteiger partial charge in [0.15, 0.2) is 11.6 Å². The van der Waals surface area contributed by atoms with E-state index in [0.29, 0.717) is 23.1 Å². The van der Waals surface area contributed by atoms with Crippen molar-refractivity contribution in [3.05, 3.63) is 60.4 Å². The van der Waals surface area contributed by atoms with Crippen molar-refractivity contribution < 1.29 is 18.4 Å². The first-order valence-corrected chi connectivity index (χ1v) is 8.30. The third-order valence-electron chi connectivity index (χ3n) is 3.02. The zero-order valence-corrected chi connectivity index (χ0v) is 13.8. The zero-order chi connectivity index (χ0) is 17.5. The van der Waals surface area contributed by atoms with Crippen LogP contribution in [0.15, 0.2) is 62.8 Å². The van der Waals surface area contributed by atoms with E-state index in [-0.39, 0.29) is 17.4 Å². The Morgan fingerprint density at radius 1 is 1.04 bits per heavy atom. The van der Waals surface area contributed by atoms with E-state index in [1.807, 2.05) is 0 Å². The van der Waals surface area contributed by atoms with E-state index in [1.165, 1.54) is 18.0 Å². The molecule has 0 aliphatic carbocycles. The number of anilines is 1. The molecule has 3 aromatic rings. The van der Waals surface area contributed by atoms with E-state index in [4.69, 9.17) is 8.83 Å². The molecule has 0 aliphatic rings. The third-order valence-corrected chi connectivity index (χ3v) is 3.94. The molecule has 128 valence electrons. The Balaban J connectivity index is 1.44. The Kier molecular flexibility index (Phi) is 5.47. The van der Waals surface area contributed by atoms with Crippen molar-refractivity contribution in [3.63, 3.8) is 0 Å². The zero-order valence-electron chi connectivity index (χ0n) is 13.0. The minimum atomic E-state index is -0.406. The van der Waals surface area contributed by atoms with Crippen LogP contribution in [0.3, 0.4) is 0 Å². The van der Waals surface area contributed by atoms with Crippen LogP contribution < -0.4 is 10.6 Å². The summed E-state index contributed by atoms with van der Waals surface area (Å²) in [6, 6.07) is 10.0. The summed E-state index contributed by atoms with van der Waals surface area (Å²) in [7, 11) is 0. The Morgan fingerprint density at radius 3 is 2.56 bits per heavy atom. The number of hydrogen-bond donors (Lipinski definition) is 2. The van der Waals surface area contributed by atoms with Gasteiger partial charge in [-0.25, -0.2) is 0 Å². The number of aromatic nitrogens is 2. The number of carbonyl (C=O) groups is 2. The number of rotatable bonds is 7. The fourth-order valence-corrected chi connectivity index (χ4v) is 2.48. The van der Waals surface area contributed by atoms with E-state index < -0.39 is 5.91 Å². The van der Waals surface area contributed by atoms with Crippen LogP contribution in [0.2, 0.25) is 0 Å². The maximum Gasteiger partial charge on any atom is 0.292 e. The van der Waals surface area contributed by atoms with E-state index in [0.717, 1.165) is 0 Å². The molecule has 0 atom stereocenters. The van der Waals surface area contributed by atoms with Gasteiger partial charge in [0.05, 0.1) is 24.8 Å². The first-order valence-electron chi connectivity index (χ1n) is 7.31. The monoisotopic (exact) mass is 358 g/mol. The number of nitrogens with zero attached hydrogens (tertiary/aromatic N) is 2. The van der Waals surface area contributed by atoms with Gasteiger partial charge in [-0.3, -0.25) is 9.59 Å². The summed E-state index contributed by atoms with van der Waals surface area (Å²) in [5.41, 5.74) is 0. The fraction of sp³-hybridized carbons (Fsp3) is 0.125. The largest absolute Gasteiger partial charge is 0.467 e. The smallest absolute Gasteiger partial charge is 0.292 e. The average molecular weight is 358 g/mol. The second-order valence-electron chi connectivity index (χ2n) is 4.83. The fourth-order valence-electron chi connectivity index (χ4n) is 1.84. The van der Waals surface area contributed by atoms with Crippen molar-refractivity contribution in [2.75, 3.05) is 11.1 Å². The third kappa shape index (κ3) is 4.95. The van der Waals surface area contributed by atoms with Gasteiger partial charge in [-0.1, -0.05) is 11.8 Å². The van der Waals surface area contributed by atoms with Gasteiger partial charge in [-0.15, -0.1) is 10.2 Å². The molecule has 0 spiro atoms. The normalized spacial score (nSPS) is 10.4. The molecule has 0 radical (unpaired) electrons. The molecular weight excluding hydrogens is 344 g/mol. The van der Waals surface area contributed by atoms with Crippen molar-refractivity contribution in [1.29, 1.82) is 0 Å². The van der Waals surface area contributed by atoms with Crippen LogP contribution in [-0.4, -0.2) is 27.8 Å². The number of carbonyl (C=O) groups excluding carboxylic acids is 2. The second kappa shape index (κ2) is 8.15. The standard InChI is InChI=1S/C16H14N4O4S/c21-14(17-9-11-3-1-7-23-11)10-25-15-6-5-13(19-20-15)18-16(22)12-4-2-8-24-12/h1-8H,9-10H2,(H,17,21)(H,18,19,22). The predicted octanol–water partition coefficient (Wildman–Crippen LogP) is 2.32. The molecule has 0 unspecified atom stereocenters. The summed E-state index contributed by atoms with van der Waals surface area (Å²) in [4.78, 5) is 23.6. The van der Waals surface area contributed by atoms with Gasteiger partial charge in [0.1, 0.15) is 10.8 Å². The van der Waals surface area contributed by atoms with Gasteiger partial charge in [0.2, 0.25) is 5.91 Å². The number of thioether (sulfide) groups is 1. The number of amides is 2. The molecule has 0 aromatic carbocycles. The first-order chi connectivity index (χ1) is 12.2.